The van der Waals surface area contributed by atoms with Crippen molar-refractivity contribution in [3.63, 3.8) is 0 Å². The summed E-state index contributed by atoms with van der Waals surface area (Å²) >= 11 is 0. The molecule has 0 radical (unpaired) electrons. The number of likely N-dealkylation sites (tertiary alicyclic amines) is 1. The van der Waals surface area contributed by atoms with Crippen LogP contribution in [0.25, 0.3) is 0 Å². The van der Waals surface area contributed by atoms with E-state index in [1.165, 1.54) is 37.9 Å². The zero-order valence-electron chi connectivity index (χ0n) is 17.1. The summed E-state index contributed by atoms with van der Waals surface area (Å²) in [6, 6.07) is 0.598. The molecule has 26 heavy (non-hydrogen) atoms. The van der Waals surface area contributed by atoms with E-state index in [9.17, 15) is 0 Å². The van der Waals surface area contributed by atoms with E-state index in [2.05, 4.69) is 41.9 Å². The van der Waals surface area contributed by atoms with Crippen molar-refractivity contribution in [2.24, 2.45) is 23.7 Å². The minimum absolute atomic E-state index is 0.520. The minimum atomic E-state index is 0.520. The monoisotopic (exact) mass is 361 g/mol. The van der Waals surface area contributed by atoms with Crippen LogP contribution in [-0.2, 0) is 11.2 Å². The molecular formula is C21H35N3O2. The maximum Gasteiger partial charge on any atom is 0.217 e. The number of hydrogen-bond donors (Lipinski definition) is 0. The minimum Gasteiger partial charge on any atom is -0.426 e. The summed E-state index contributed by atoms with van der Waals surface area (Å²) in [5.41, 5.74) is 1.49. The van der Waals surface area contributed by atoms with Gasteiger partial charge in [0.25, 0.3) is 0 Å². The lowest BCUT2D eigenvalue weighted by molar-refractivity contribution is 0.0928. The van der Waals surface area contributed by atoms with Gasteiger partial charge >= 0.3 is 0 Å². The first-order valence-corrected chi connectivity index (χ1v) is 10.2. The van der Waals surface area contributed by atoms with E-state index >= 15 is 0 Å². The quantitative estimate of drug-likeness (QED) is 0.690. The molecule has 1 aromatic heterocycles. The second-order valence-corrected chi connectivity index (χ2v) is 8.58. The lowest BCUT2D eigenvalue weighted by Crippen LogP contribution is -2.41. The second kappa shape index (κ2) is 8.66. The van der Waals surface area contributed by atoms with E-state index in [0.717, 1.165) is 18.9 Å². The van der Waals surface area contributed by atoms with Crippen LogP contribution in [0, 0.1) is 30.6 Å². The molecule has 2 aliphatic rings. The standard InChI is InChI=1S/C21H35N3O2/c1-14(2)20-10-17(11-21-23-22-16(4)26-21)15(3)9-18(20)12-24-8-6-7-19(24)13-25-5/h9,14,17-20H,6-8,10-13H2,1-5H3. The van der Waals surface area contributed by atoms with Crippen LogP contribution in [0.1, 0.15) is 51.8 Å². The molecule has 1 fully saturated rings. The first-order chi connectivity index (χ1) is 12.5. The fraction of sp³-hybridized carbons (Fsp3) is 0.810. The third kappa shape index (κ3) is 4.55. The Balaban J connectivity index is 1.70. The molecule has 1 aliphatic heterocycles. The third-order valence-corrected chi connectivity index (χ3v) is 6.38. The molecule has 0 spiro atoms. The Morgan fingerprint density at radius 2 is 2.12 bits per heavy atom. The summed E-state index contributed by atoms with van der Waals surface area (Å²) in [5.74, 6) is 3.98. The van der Waals surface area contributed by atoms with Gasteiger partial charge in [-0.25, -0.2) is 0 Å². The van der Waals surface area contributed by atoms with Crippen LogP contribution < -0.4 is 0 Å². The molecule has 146 valence electrons. The number of allylic oxidation sites excluding steroid dienone is 1. The lowest BCUT2D eigenvalue weighted by Gasteiger charge is -2.39. The molecule has 0 N–H and O–H groups in total. The van der Waals surface area contributed by atoms with Crippen molar-refractivity contribution < 1.29 is 9.15 Å². The summed E-state index contributed by atoms with van der Waals surface area (Å²) in [5, 5.41) is 8.20. The van der Waals surface area contributed by atoms with Crippen LogP contribution in [0.5, 0.6) is 0 Å². The van der Waals surface area contributed by atoms with Crippen molar-refractivity contribution in [3.8, 4) is 0 Å². The van der Waals surface area contributed by atoms with Gasteiger partial charge in [0.1, 0.15) is 0 Å². The average Bonchev–Trinajstić information content (AvgIpc) is 3.19. The highest BCUT2D eigenvalue weighted by molar-refractivity contribution is 5.14. The Bertz CT molecular complexity index is 610. The summed E-state index contributed by atoms with van der Waals surface area (Å²) < 4.78 is 11.1. The normalized spacial score (nSPS) is 30.2. The fourth-order valence-corrected chi connectivity index (χ4v) is 4.90. The van der Waals surface area contributed by atoms with E-state index < -0.39 is 0 Å². The summed E-state index contributed by atoms with van der Waals surface area (Å²) in [6.07, 6.45) is 7.21. The maximum atomic E-state index is 5.63. The largest absolute Gasteiger partial charge is 0.426 e. The molecule has 0 bridgehead atoms. The predicted octanol–water partition coefficient (Wildman–Crippen LogP) is 3.89. The van der Waals surface area contributed by atoms with Crippen LogP contribution >= 0.6 is 0 Å². The Labute approximate surface area is 158 Å². The molecule has 1 aliphatic carbocycles. The SMILES string of the molecule is COCC1CCCN1CC1C=C(C)C(Cc2nnc(C)o2)CC1C(C)C. The Morgan fingerprint density at radius 3 is 2.77 bits per heavy atom. The zero-order chi connectivity index (χ0) is 18.7. The van der Waals surface area contributed by atoms with E-state index in [1.54, 1.807) is 0 Å². The van der Waals surface area contributed by atoms with Gasteiger partial charge in [-0.3, -0.25) is 4.90 Å². The number of ether oxygens (including phenoxy) is 1. The van der Waals surface area contributed by atoms with E-state index in [1.807, 2.05) is 14.0 Å². The topological polar surface area (TPSA) is 51.4 Å². The smallest absolute Gasteiger partial charge is 0.217 e. The summed E-state index contributed by atoms with van der Waals surface area (Å²) in [6.45, 7) is 12.1. The highest BCUT2D eigenvalue weighted by atomic mass is 16.5. The Morgan fingerprint density at radius 1 is 1.31 bits per heavy atom. The number of nitrogens with zero attached hydrogens (tertiary/aromatic N) is 3. The predicted molar refractivity (Wildman–Crippen MR) is 103 cm³/mol. The van der Waals surface area contributed by atoms with Crippen molar-refractivity contribution in [3.05, 3.63) is 23.4 Å². The number of methoxy groups -OCH3 is 1. The van der Waals surface area contributed by atoms with Gasteiger partial charge in [0, 0.05) is 33.0 Å². The van der Waals surface area contributed by atoms with Gasteiger partial charge in [0.05, 0.1) is 6.61 Å². The van der Waals surface area contributed by atoms with Crippen molar-refractivity contribution in [1.82, 2.24) is 15.1 Å². The molecule has 0 amide bonds. The fourth-order valence-electron chi connectivity index (χ4n) is 4.90. The molecule has 5 nitrogen and oxygen atoms in total. The molecule has 2 heterocycles. The van der Waals surface area contributed by atoms with Crippen molar-refractivity contribution in [2.75, 3.05) is 26.8 Å². The van der Waals surface area contributed by atoms with Crippen molar-refractivity contribution >= 4 is 0 Å². The van der Waals surface area contributed by atoms with Crippen LogP contribution in [0.4, 0.5) is 0 Å². The number of rotatable bonds is 7. The number of aryl methyl sites for hydroxylation is 1. The van der Waals surface area contributed by atoms with Gasteiger partial charge in [-0.2, -0.15) is 0 Å². The van der Waals surface area contributed by atoms with E-state index in [-0.39, 0.29) is 0 Å². The van der Waals surface area contributed by atoms with Crippen LogP contribution in [-0.4, -0.2) is 47.9 Å². The molecule has 0 saturated carbocycles. The van der Waals surface area contributed by atoms with Crippen molar-refractivity contribution in [1.29, 1.82) is 0 Å². The molecular weight excluding hydrogens is 326 g/mol. The molecule has 4 atom stereocenters. The number of aromatic nitrogens is 2. The van der Waals surface area contributed by atoms with Gasteiger partial charge in [0.15, 0.2) is 0 Å². The zero-order valence-corrected chi connectivity index (χ0v) is 17.1. The third-order valence-electron chi connectivity index (χ3n) is 6.38. The lowest BCUT2D eigenvalue weighted by atomic mass is 9.69. The molecule has 5 heteroatoms. The highest BCUT2D eigenvalue weighted by Crippen LogP contribution is 2.40. The van der Waals surface area contributed by atoms with Gasteiger partial charge in [-0.1, -0.05) is 25.5 Å². The summed E-state index contributed by atoms with van der Waals surface area (Å²) in [4.78, 5) is 2.66. The summed E-state index contributed by atoms with van der Waals surface area (Å²) in [7, 11) is 1.82. The van der Waals surface area contributed by atoms with Crippen molar-refractivity contribution in [2.45, 2.75) is 59.4 Å². The molecule has 1 saturated heterocycles. The molecule has 3 rings (SSSR count). The van der Waals surface area contributed by atoms with E-state index in [0.29, 0.717) is 35.6 Å². The van der Waals surface area contributed by atoms with Crippen LogP contribution in [0.15, 0.2) is 16.1 Å². The van der Waals surface area contributed by atoms with Gasteiger partial charge in [0.2, 0.25) is 11.8 Å². The van der Waals surface area contributed by atoms with Gasteiger partial charge in [-0.05, 0) is 56.4 Å². The van der Waals surface area contributed by atoms with Gasteiger partial charge in [-0.15, -0.1) is 10.2 Å². The van der Waals surface area contributed by atoms with Gasteiger partial charge < -0.3 is 9.15 Å². The molecule has 1 aromatic rings. The Kier molecular flexibility index (Phi) is 6.51. The maximum absolute atomic E-state index is 5.63. The number of hydrogen-bond acceptors (Lipinski definition) is 5. The average molecular weight is 362 g/mol. The van der Waals surface area contributed by atoms with Crippen LogP contribution in [0.3, 0.4) is 0 Å². The Hall–Kier alpha value is -1.20. The molecule has 0 aromatic carbocycles. The second-order valence-electron chi connectivity index (χ2n) is 8.58. The highest BCUT2D eigenvalue weighted by Gasteiger charge is 2.35. The van der Waals surface area contributed by atoms with Crippen LogP contribution in [0.2, 0.25) is 0 Å². The van der Waals surface area contributed by atoms with E-state index in [4.69, 9.17) is 9.15 Å². The first kappa shape index (κ1) is 19.6. The molecule has 4 unspecified atom stereocenters. The first-order valence-electron chi connectivity index (χ1n) is 10.2.